The van der Waals surface area contributed by atoms with Crippen molar-refractivity contribution in [3.05, 3.63) is 29.8 Å². The molecule has 1 aliphatic heterocycles. The molecule has 1 aromatic carbocycles. The lowest BCUT2D eigenvalue weighted by atomic mass is 10.1. The monoisotopic (exact) mass is 235 g/mol. The summed E-state index contributed by atoms with van der Waals surface area (Å²) in [5.41, 5.74) is 1.28. The molecule has 0 radical (unpaired) electrons. The van der Waals surface area contributed by atoms with Gasteiger partial charge in [-0.25, -0.2) is 4.79 Å². The number of aliphatic hydroxyl groups excluding tert-OH is 1. The van der Waals surface area contributed by atoms with Crippen LogP contribution in [0.2, 0.25) is 0 Å². The zero-order chi connectivity index (χ0) is 12.4. The van der Waals surface area contributed by atoms with Crippen molar-refractivity contribution in [2.75, 3.05) is 11.4 Å². The van der Waals surface area contributed by atoms with Crippen LogP contribution >= 0.6 is 0 Å². The van der Waals surface area contributed by atoms with Gasteiger partial charge in [0.25, 0.3) is 0 Å². The molecular weight excluding hydrogens is 218 g/mol. The first kappa shape index (κ1) is 11.9. The van der Waals surface area contributed by atoms with Gasteiger partial charge in [-0.1, -0.05) is 0 Å². The number of hydrogen-bond acceptors (Lipinski definition) is 3. The molecule has 2 atom stereocenters. The van der Waals surface area contributed by atoms with Crippen molar-refractivity contribution in [3.8, 4) is 0 Å². The van der Waals surface area contributed by atoms with Gasteiger partial charge >= 0.3 is 5.97 Å². The van der Waals surface area contributed by atoms with Crippen LogP contribution in [0, 0.1) is 0 Å². The number of hydrogen-bond donors (Lipinski definition) is 2. The Labute approximate surface area is 100 Å². The molecule has 0 bridgehead atoms. The van der Waals surface area contributed by atoms with Gasteiger partial charge in [-0.15, -0.1) is 0 Å². The second-order valence-electron chi connectivity index (χ2n) is 4.50. The first-order valence-corrected chi connectivity index (χ1v) is 5.87. The molecular formula is C13H17NO3. The Hall–Kier alpha value is -1.55. The Balaban J connectivity index is 2.19. The van der Waals surface area contributed by atoms with E-state index in [1.165, 1.54) is 0 Å². The summed E-state index contributed by atoms with van der Waals surface area (Å²) in [4.78, 5) is 12.9. The number of carbonyl (C=O) groups is 1. The number of carboxylic acid groups (broad SMARTS) is 1. The molecule has 0 saturated carbocycles. The number of benzene rings is 1. The maximum absolute atomic E-state index is 10.8. The minimum absolute atomic E-state index is 0.144. The SMILES string of the molecule is C[C@@H](O)[C@@H]1CCCN1c1ccc(C(=O)O)cc1. The van der Waals surface area contributed by atoms with Crippen molar-refractivity contribution in [1.82, 2.24) is 0 Å². The molecule has 0 unspecified atom stereocenters. The van der Waals surface area contributed by atoms with Crippen molar-refractivity contribution < 1.29 is 15.0 Å². The molecule has 1 aromatic rings. The Morgan fingerprint density at radius 1 is 1.41 bits per heavy atom. The van der Waals surface area contributed by atoms with Gasteiger partial charge in [0.2, 0.25) is 0 Å². The number of carboxylic acids is 1. The maximum atomic E-state index is 10.8. The number of aliphatic hydroxyl groups is 1. The summed E-state index contributed by atoms with van der Waals surface area (Å²) >= 11 is 0. The summed E-state index contributed by atoms with van der Waals surface area (Å²) in [7, 11) is 0. The first-order chi connectivity index (χ1) is 8.09. The number of aromatic carboxylic acids is 1. The van der Waals surface area contributed by atoms with E-state index in [1.807, 2.05) is 12.1 Å². The molecule has 2 N–H and O–H groups in total. The predicted octanol–water partition coefficient (Wildman–Crippen LogP) is 1.73. The fraction of sp³-hybridized carbons (Fsp3) is 0.462. The summed E-state index contributed by atoms with van der Waals surface area (Å²) in [6.07, 6.45) is 1.69. The van der Waals surface area contributed by atoms with Gasteiger partial charge in [0.1, 0.15) is 0 Å². The molecule has 0 spiro atoms. The molecule has 0 aliphatic carbocycles. The van der Waals surface area contributed by atoms with Crippen LogP contribution in [0.3, 0.4) is 0 Å². The topological polar surface area (TPSA) is 60.8 Å². The fourth-order valence-electron chi connectivity index (χ4n) is 2.41. The van der Waals surface area contributed by atoms with Crippen molar-refractivity contribution >= 4 is 11.7 Å². The minimum atomic E-state index is -0.912. The van der Waals surface area contributed by atoms with E-state index >= 15 is 0 Å². The Kier molecular flexibility index (Phi) is 3.33. The molecule has 1 heterocycles. The lowest BCUT2D eigenvalue weighted by molar-refractivity contribution is 0.0697. The standard InChI is InChI=1S/C13H17NO3/c1-9(15)12-3-2-8-14(12)11-6-4-10(5-7-11)13(16)17/h4-7,9,12,15H,2-3,8H2,1H3,(H,16,17)/t9-,12+/m1/s1. The van der Waals surface area contributed by atoms with Crippen molar-refractivity contribution in [1.29, 1.82) is 0 Å². The average molecular weight is 235 g/mol. The largest absolute Gasteiger partial charge is 0.478 e. The van der Waals surface area contributed by atoms with Crippen LogP contribution < -0.4 is 4.90 Å². The third kappa shape index (κ3) is 2.42. The third-order valence-electron chi connectivity index (χ3n) is 3.30. The second kappa shape index (κ2) is 4.75. The lowest BCUT2D eigenvalue weighted by Crippen LogP contribution is -2.37. The smallest absolute Gasteiger partial charge is 0.335 e. The molecule has 1 saturated heterocycles. The summed E-state index contributed by atoms with van der Waals surface area (Å²) in [5, 5.41) is 18.5. The van der Waals surface area contributed by atoms with E-state index in [4.69, 9.17) is 5.11 Å². The van der Waals surface area contributed by atoms with Gasteiger partial charge in [-0.2, -0.15) is 0 Å². The zero-order valence-electron chi connectivity index (χ0n) is 9.84. The zero-order valence-corrected chi connectivity index (χ0v) is 9.84. The highest BCUT2D eigenvalue weighted by Gasteiger charge is 2.28. The van der Waals surface area contributed by atoms with Gasteiger partial charge in [-0.3, -0.25) is 0 Å². The van der Waals surface area contributed by atoms with Crippen molar-refractivity contribution in [2.24, 2.45) is 0 Å². The number of nitrogens with zero attached hydrogens (tertiary/aromatic N) is 1. The molecule has 2 rings (SSSR count). The van der Waals surface area contributed by atoms with E-state index in [0.29, 0.717) is 5.56 Å². The van der Waals surface area contributed by atoms with Gasteiger partial charge in [0, 0.05) is 12.2 Å². The Morgan fingerprint density at radius 3 is 2.59 bits per heavy atom. The highest BCUT2D eigenvalue weighted by Crippen LogP contribution is 2.27. The Bertz CT molecular complexity index is 400. The molecule has 1 aliphatic rings. The predicted molar refractivity (Wildman–Crippen MR) is 65.5 cm³/mol. The van der Waals surface area contributed by atoms with E-state index in [9.17, 15) is 9.90 Å². The van der Waals surface area contributed by atoms with Gasteiger partial charge in [0.15, 0.2) is 0 Å². The van der Waals surface area contributed by atoms with Crippen LogP contribution in [0.15, 0.2) is 24.3 Å². The van der Waals surface area contributed by atoms with E-state index in [2.05, 4.69) is 4.90 Å². The molecule has 17 heavy (non-hydrogen) atoms. The maximum Gasteiger partial charge on any atom is 0.335 e. The fourth-order valence-corrected chi connectivity index (χ4v) is 2.41. The van der Waals surface area contributed by atoms with Crippen LogP contribution in [-0.4, -0.2) is 34.9 Å². The minimum Gasteiger partial charge on any atom is -0.478 e. The molecule has 0 aromatic heterocycles. The second-order valence-corrected chi connectivity index (χ2v) is 4.50. The highest BCUT2D eigenvalue weighted by molar-refractivity contribution is 5.88. The van der Waals surface area contributed by atoms with Crippen LogP contribution in [0.1, 0.15) is 30.1 Å². The molecule has 0 amide bonds. The molecule has 1 fully saturated rings. The lowest BCUT2D eigenvalue weighted by Gasteiger charge is -2.28. The molecule has 92 valence electrons. The summed E-state index contributed by atoms with van der Waals surface area (Å²) in [6, 6.07) is 6.98. The first-order valence-electron chi connectivity index (χ1n) is 5.87. The summed E-state index contributed by atoms with van der Waals surface area (Å²) in [6.45, 7) is 2.72. The van der Waals surface area contributed by atoms with Gasteiger partial charge in [-0.05, 0) is 44.0 Å². The summed E-state index contributed by atoms with van der Waals surface area (Å²) < 4.78 is 0. The van der Waals surface area contributed by atoms with Crippen LogP contribution in [-0.2, 0) is 0 Å². The van der Waals surface area contributed by atoms with Crippen LogP contribution in [0.25, 0.3) is 0 Å². The molecule has 4 heteroatoms. The van der Waals surface area contributed by atoms with E-state index in [0.717, 1.165) is 25.1 Å². The van der Waals surface area contributed by atoms with E-state index < -0.39 is 5.97 Å². The van der Waals surface area contributed by atoms with E-state index in [1.54, 1.807) is 19.1 Å². The van der Waals surface area contributed by atoms with Gasteiger partial charge in [0.05, 0.1) is 17.7 Å². The third-order valence-corrected chi connectivity index (χ3v) is 3.30. The number of rotatable bonds is 3. The van der Waals surface area contributed by atoms with Crippen LogP contribution in [0.4, 0.5) is 5.69 Å². The Morgan fingerprint density at radius 2 is 2.06 bits per heavy atom. The van der Waals surface area contributed by atoms with Crippen molar-refractivity contribution in [2.45, 2.75) is 31.9 Å². The van der Waals surface area contributed by atoms with Gasteiger partial charge < -0.3 is 15.1 Å². The normalized spacial score (nSPS) is 21.5. The quantitative estimate of drug-likeness (QED) is 0.837. The van der Waals surface area contributed by atoms with Crippen LogP contribution in [0.5, 0.6) is 0 Å². The number of anilines is 1. The summed E-state index contributed by atoms with van der Waals surface area (Å²) in [5.74, 6) is -0.912. The van der Waals surface area contributed by atoms with E-state index in [-0.39, 0.29) is 12.1 Å². The molecule has 4 nitrogen and oxygen atoms in total. The van der Waals surface area contributed by atoms with Crippen molar-refractivity contribution in [3.63, 3.8) is 0 Å². The highest BCUT2D eigenvalue weighted by atomic mass is 16.4. The average Bonchev–Trinajstić information content (AvgIpc) is 2.78.